The van der Waals surface area contributed by atoms with Crippen molar-refractivity contribution in [2.75, 3.05) is 20.2 Å². The van der Waals surface area contributed by atoms with Gasteiger partial charge < -0.3 is 15.4 Å². The zero-order valence-electron chi connectivity index (χ0n) is 12.9. The average Bonchev–Trinajstić information content (AvgIpc) is 2.85. The fraction of sp³-hybridized carbons (Fsp3) is 0.562. The van der Waals surface area contributed by atoms with E-state index in [-0.39, 0.29) is 30.5 Å². The van der Waals surface area contributed by atoms with Crippen LogP contribution in [0.4, 0.5) is 0 Å². The summed E-state index contributed by atoms with van der Waals surface area (Å²) >= 11 is 0. The third-order valence-electron chi connectivity index (χ3n) is 3.93. The maximum atomic E-state index is 12.0. The Hall–Kier alpha value is -1.10. The molecule has 0 aromatic heterocycles. The molecule has 0 radical (unpaired) electrons. The molecule has 1 fully saturated rings. The molecule has 0 aliphatic carbocycles. The second-order valence-electron chi connectivity index (χ2n) is 5.54. The van der Waals surface area contributed by atoms with Crippen LogP contribution in [0, 0.1) is 13.8 Å². The van der Waals surface area contributed by atoms with Crippen molar-refractivity contribution >= 4 is 18.3 Å². The Kier molecular flexibility index (Phi) is 7.15. The number of benzene rings is 1. The van der Waals surface area contributed by atoms with Gasteiger partial charge in [0, 0.05) is 26.6 Å². The van der Waals surface area contributed by atoms with Crippen LogP contribution in [0.3, 0.4) is 0 Å². The molecule has 4 nitrogen and oxygen atoms in total. The molecule has 5 heteroatoms. The molecular weight excluding hydrogens is 288 g/mol. The minimum absolute atomic E-state index is 0. The third-order valence-corrected chi connectivity index (χ3v) is 3.93. The number of aryl methyl sites for hydroxylation is 3. The molecule has 1 saturated heterocycles. The molecule has 0 bridgehead atoms. The second-order valence-corrected chi connectivity index (χ2v) is 5.54. The van der Waals surface area contributed by atoms with E-state index < -0.39 is 0 Å². The van der Waals surface area contributed by atoms with Crippen LogP contribution in [-0.4, -0.2) is 38.3 Å². The number of amides is 1. The summed E-state index contributed by atoms with van der Waals surface area (Å²) in [5.41, 5.74) is 3.77. The van der Waals surface area contributed by atoms with Crippen molar-refractivity contribution in [2.45, 2.75) is 38.8 Å². The largest absolute Gasteiger partial charge is 0.378 e. The molecule has 1 aromatic rings. The number of halogens is 1. The van der Waals surface area contributed by atoms with E-state index in [4.69, 9.17) is 4.74 Å². The molecule has 0 saturated carbocycles. The van der Waals surface area contributed by atoms with Crippen molar-refractivity contribution < 1.29 is 9.53 Å². The van der Waals surface area contributed by atoms with Crippen LogP contribution < -0.4 is 10.6 Å². The van der Waals surface area contributed by atoms with E-state index in [1.54, 1.807) is 7.11 Å². The van der Waals surface area contributed by atoms with Crippen molar-refractivity contribution in [3.05, 3.63) is 34.9 Å². The van der Waals surface area contributed by atoms with Gasteiger partial charge in [-0.05, 0) is 31.4 Å². The third kappa shape index (κ3) is 4.99. The molecule has 1 aliphatic rings. The highest BCUT2D eigenvalue weighted by molar-refractivity contribution is 5.85. The number of hydrogen-bond donors (Lipinski definition) is 2. The van der Waals surface area contributed by atoms with Crippen LogP contribution in [0.5, 0.6) is 0 Å². The van der Waals surface area contributed by atoms with Crippen LogP contribution in [0.2, 0.25) is 0 Å². The van der Waals surface area contributed by atoms with Gasteiger partial charge in [-0.1, -0.05) is 23.8 Å². The van der Waals surface area contributed by atoms with Crippen LogP contribution in [0.25, 0.3) is 0 Å². The highest BCUT2D eigenvalue weighted by Gasteiger charge is 2.27. The zero-order chi connectivity index (χ0) is 14.5. The minimum atomic E-state index is 0. The van der Waals surface area contributed by atoms with E-state index in [9.17, 15) is 4.79 Å². The highest BCUT2D eigenvalue weighted by Crippen LogP contribution is 2.13. The van der Waals surface area contributed by atoms with Crippen molar-refractivity contribution in [1.29, 1.82) is 0 Å². The van der Waals surface area contributed by atoms with Gasteiger partial charge in [0.2, 0.25) is 5.91 Å². The molecular formula is C16H25ClN2O2. The lowest BCUT2D eigenvalue weighted by Crippen LogP contribution is -2.43. The van der Waals surface area contributed by atoms with Gasteiger partial charge >= 0.3 is 0 Å². The zero-order valence-corrected chi connectivity index (χ0v) is 13.8. The maximum absolute atomic E-state index is 12.0. The number of ether oxygens (including phenoxy) is 1. The molecule has 1 aliphatic heterocycles. The lowest BCUT2D eigenvalue weighted by Gasteiger charge is -2.18. The fourth-order valence-corrected chi connectivity index (χ4v) is 2.70. The lowest BCUT2D eigenvalue weighted by molar-refractivity contribution is -0.122. The first kappa shape index (κ1) is 18.0. The van der Waals surface area contributed by atoms with Gasteiger partial charge in [0.15, 0.2) is 0 Å². The second kappa shape index (κ2) is 8.37. The molecule has 1 aromatic carbocycles. The quantitative estimate of drug-likeness (QED) is 0.871. The van der Waals surface area contributed by atoms with Gasteiger partial charge in [-0.15, -0.1) is 12.4 Å². The summed E-state index contributed by atoms with van der Waals surface area (Å²) < 4.78 is 5.34. The molecule has 2 N–H and O–H groups in total. The van der Waals surface area contributed by atoms with E-state index in [0.717, 1.165) is 19.5 Å². The molecule has 1 heterocycles. The number of hydrogen-bond acceptors (Lipinski definition) is 3. The van der Waals surface area contributed by atoms with E-state index >= 15 is 0 Å². The smallest absolute Gasteiger partial charge is 0.220 e. The SMILES string of the molecule is CO[C@H]1CNCC1NC(=O)CCc1ccc(C)cc1C.Cl. The molecule has 21 heavy (non-hydrogen) atoms. The average molecular weight is 313 g/mol. The number of carbonyl (C=O) groups excluding carboxylic acids is 1. The van der Waals surface area contributed by atoms with Crippen LogP contribution in [-0.2, 0) is 16.0 Å². The topological polar surface area (TPSA) is 50.4 Å². The lowest BCUT2D eigenvalue weighted by atomic mass is 10.0. The molecule has 1 unspecified atom stereocenters. The summed E-state index contributed by atoms with van der Waals surface area (Å²) in [6.45, 7) is 5.77. The van der Waals surface area contributed by atoms with E-state index in [1.165, 1.54) is 16.7 Å². The van der Waals surface area contributed by atoms with Gasteiger partial charge in [-0.3, -0.25) is 4.79 Å². The first-order chi connectivity index (χ1) is 9.60. The Labute approximate surface area is 133 Å². The Morgan fingerprint density at radius 1 is 1.38 bits per heavy atom. The first-order valence-electron chi connectivity index (χ1n) is 7.19. The van der Waals surface area contributed by atoms with Crippen LogP contribution in [0.15, 0.2) is 18.2 Å². The van der Waals surface area contributed by atoms with Gasteiger partial charge in [0.05, 0.1) is 12.1 Å². The Morgan fingerprint density at radius 2 is 2.14 bits per heavy atom. The Bertz CT molecular complexity index is 479. The standard InChI is InChI=1S/C16H24N2O2.ClH/c1-11-4-5-13(12(2)8-11)6-7-16(19)18-14-9-17-10-15(14)20-3;/h4-5,8,14-15,17H,6-7,9-10H2,1-3H3,(H,18,19);1H/t14?,15-;/m0./s1. The summed E-state index contributed by atoms with van der Waals surface area (Å²) in [5, 5.41) is 6.28. The Morgan fingerprint density at radius 3 is 2.81 bits per heavy atom. The van der Waals surface area contributed by atoms with Crippen LogP contribution >= 0.6 is 12.4 Å². The summed E-state index contributed by atoms with van der Waals surface area (Å²) in [6.07, 6.45) is 1.40. The van der Waals surface area contributed by atoms with Crippen molar-refractivity contribution in [2.24, 2.45) is 0 Å². The van der Waals surface area contributed by atoms with E-state index in [0.29, 0.717) is 6.42 Å². The van der Waals surface area contributed by atoms with Crippen molar-refractivity contribution in [1.82, 2.24) is 10.6 Å². The van der Waals surface area contributed by atoms with Crippen molar-refractivity contribution in [3.63, 3.8) is 0 Å². The van der Waals surface area contributed by atoms with E-state index in [2.05, 4.69) is 42.7 Å². The molecule has 2 rings (SSSR count). The number of nitrogens with one attached hydrogen (secondary N) is 2. The van der Waals surface area contributed by atoms with E-state index in [1.807, 2.05) is 0 Å². The van der Waals surface area contributed by atoms with Crippen molar-refractivity contribution in [3.8, 4) is 0 Å². The molecule has 2 atom stereocenters. The Balaban J connectivity index is 0.00000220. The van der Waals surface area contributed by atoms with Gasteiger partial charge in [0.1, 0.15) is 0 Å². The normalized spacial score (nSPS) is 20.9. The summed E-state index contributed by atoms with van der Waals surface area (Å²) in [5.74, 6) is 0.0979. The predicted octanol–water partition coefficient (Wildman–Crippen LogP) is 1.76. The maximum Gasteiger partial charge on any atom is 0.220 e. The summed E-state index contributed by atoms with van der Waals surface area (Å²) in [4.78, 5) is 12.0. The fourth-order valence-electron chi connectivity index (χ4n) is 2.70. The molecule has 118 valence electrons. The number of rotatable bonds is 5. The number of methoxy groups -OCH3 is 1. The highest BCUT2D eigenvalue weighted by atomic mass is 35.5. The summed E-state index contributed by atoms with van der Waals surface area (Å²) in [6, 6.07) is 6.47. The number of carbonyl (C=O) groups is 1. The predicted molar refractivity (Wildman–Crippen MR) is 87.1 cm³/mol. The minimum Gasteiger partial charge on any atom is -0.378 e. The first-order valence-corrected chi connectivity index (χ1v) is 7.19. The molecule has 1 amide bonds. The van der Waals surface area contributed by atoms with Crippen LogP contribution in [0.1, 0.15) is 23.1 Å². The van der Waals surface area contributed by atoms with Gasteiger partial charge in [-0.2, -0.15) is 0 Å². The monoisotopic (exact) mass is 312 g/mol. The summed E-state index contributed by atoms with van der Waals surface area (Å²) in [7, 11) is 1.69. The molecule has 0 spiro atoms. The van der Waals surface area contributed by atoms with Gasteiger partial charge in [0.25, 0.3) is 0 Å². The van der Waals surface area contributed by atoms with Gasteiger partial charge in [-0.25, -0.2) is 0 Å².